The predicted molar refractivity (Wildman–Crippen MR) is 96.0 cm³/mol. The van der Waals surface area contributed by atoms with Crippen LogP contribution in [0.5, 0.6) is 5.75 Å². The van der Waals surface area contributed by atoms with E-state index in [1.807, 2.05) is 38.2 Å². The van der Waals surface area contributed by atoms with Crippen LogP contribution < -0.4 is 4.74 Å². The minimum absolute atomic E-state index is 0.126. The molecule has 2 aromatic carbocycles. The number of benzene rings is 2. The number of methoxy groups -OCH3 is 1. The maximum absolute atomic E-state index is 12.5. The highest BCUT2D eigenvalue weighted by Crippen LogP contribution is 2.26. The second kappa shape index (κ2) is 8.06. The number of thioether (sulfide) groups is 1. The van der Waals surface area contributed by atoms with Crippen molar-refractivity contribution in [2.45, 2.75) is 30.5 Å². The fraction of sp³-hybridized carbons (Fsp3) is 0.316. The van der Waals surface area contributed by atoms with E-state index in [-0.39, 0.29) is 11.2 Å². The molecular formula is C19H23NO2S. The molecular weight excluding hydrogens is 306 g/mol. The van der Waals surface area contributed by atoms with Gasteiger partial charge in [0.25, 0.3) is 0 Å². The van der Waals surface area contributed by atoms with Crippen molar-refractivity contribution < 1.29 is 9.53 Å². The molecule has 0 fully saturated rings. The third-order valence-corrected chi connectivity index (χ3v) is 4.74. The Morgan fingerprint density at radius 3 is 2.30 bits per heavy atom. The minimum atomic E-state index is -0.126. The Morgan fingerprint density at radius 1 is 1.13 bits per heavy atom. The standard InChI is InChI=1S/C19H23NO2S/c1-14-5-7-16(8-6-14)13-20(3)19(21)15(2)23-18-11-9-17(22-4)10-12-18/h5-12,15H,13H2,1-4H3/t15-/m0/s1. The Morgan fingerprint density at radius 2 is 1.74 bits per heavy atom. The van der Waals surface area contributed by atoms with Gasteiger partial charge < -0.3 is 9.64 Å². The first-order valence-corrected chi connectivity index (χ1v) is 8.49. The largest absolute Gasteiger partial charge is 0.497 e. The summed E-state index contributed by atoms with van der Waals surface area (Å²) in [4.78, 5) is 15.4. The maximum atomic E-state index is 12.5. The number of amides is 1. The monoisotopic (exact) mass is 329 g/mol. The molecule has 0 aromatic heterocycles. The van der Waals surface area contributed by atoms with E-state index in [1.165, 1.54) is 5.56 Å². The van der Waals surface area contributed by atoms with Crippen LogP contribution in [-0.4, -0.2) is 30.2 Å². The molecule has 0 saturated carbocycles. The number of carbonyl (C=O) groups is 1. The molecule has 0 unspecified atom stereocenters. The van der Waals surface area contributed by atoms with E-state index >= 15 is 0 Å². The zero-order valence-corrected chi connectivity index (χ0v) is 14.9. The summed E-state index contributed by atoms with van der Waals surface area (Å²) in [6.07, 6.45) is 0. The lowest BCUT2D eigenvalue weighted by Gasteiger charge is -2.21. The Balaban J connectivity index is 1.93. The van der Waals surface area contributed by atoms with Crippen LogP contribution in [0.2, 0.25) is 0 Å². The molecule has 4 heteroatoms. The summed E-state index contributed by atoms with van der Waals surface area (Å²) < 4.78 is 5.15. The van der Waals surface area contributed by atoms with Crippen molar-refractivity contribution in [3.05, 3.63) is 59.7 Å². The van der Waals surface area contributed by atoms with Gasteiger partial charge in [-0.25, -0.2) is 0 Å². The van der Waals surface area contributed by atoms with Crippen molar-refractivity contribution in [1.29, 1.82) is 0 Å². The van der Waals surface area contributed by atoms with Gasteiger partial charge in [0.1, 0.15) is 5.75 Å². The van der Waals surface area contributed by atoms with Crippen molar-refractivity contribution >= 4 is 17.7 Å². The van der Waals surface area contributed by atoms with Crippen LogP contribution in [0.3, 0.4) is 0 Å². The summed E-state index contributed by atoms with van der Waals surface area (Å²) in [6.45, 7) is 4.64. The lowest BCUT2D eigenvalue weighted by Crippen LogP contribution is -2.32. The molecule has 0 radical (unpaired) electrons. The summed E-state index contributed by atoms with van der Waals surface area (Å²) in [5.41, 5.74) is 2.37. The third kappa shape index (κ3) is 5.03. The average molecular weight is 329 g/mol. The zero-order chi connectivity index (χ0) is 16.8. The Kier molecular flexibility index (Phi) is 6.11. The summed E-state index contributed by atoms with van der Waals surface area (Å²) >= 11 is 1.57. The van der Waals surface area contributed by atoms with Gasteiger partial charge in [-0.05, 0) is 43.7 Å². The second-order valence-electron chi connectivity index (χ2n) is 5.62. The lowest BCUT2D eigenvalue weighted by atomic mass is 10.1. The second-order valence-corrected chi connectivity index (χ2v) is 7.03. The number of ether oxygens (including phenoxy) is 1. The molecule has 1 amide bonds. The number of hydrogen-bond donors (Lipinski definition) is 0. The minimum Gasteiger partial charge on any atom is -0.497 e. The molecule has 0 saturated heterocycles. The van der Waals surface area contributed by atoms with Crippen LogP contribution in [-0.2, 0) is 11.3 Å². The highest BCUT2D eigenvalue weighted by atomic mass is 32.2. The quantitative estimate of drug-likeness (QED) is 0.746. The van der Waals surface area contributed by atoms with Gasteiger partial charge in [0.2, 0.25) is 5.91 Å². The summed E-state index contributed by atoms with van der Waals surface area (Å²) in [7, 11) is 3.50. The first kappa shape index (κ1) is 17.4. The Bertz CT molecular complexity index is 637. The van der Waals surface area contributed by atoms with Crippen LogP contribution in [0.15, 0.2) is 53.4 Å². The third-order valence-electron chi connectivity index (χ3n) is 3.64. The van der Waals surface area contributed by atoms with Crippen molar-refractivity contribution in [3.63, 3.8) is 0 Å². The molecule has 0 spiro atoms. The molecule has 0 bridgehead atoms. The van der Waals surface area contributed by atoms with E-state index in [1.54, 1.807) is 23.8 Å². The fourth-order valence-corrected chi connectivity index (χ4v) is 3.25. The van der Waals surface area contributed by atoms with Crippen LogP contribution in [0.25, 0.3) is 0 Å². The molecule has 2 rings (SSSR count). The number of hydrogen-bond acceptors (Lipinski definition) is 3. The molecule has 0 N–H and O–H groups in total. The molecule has 122 valence electrons. The van der Waals surface area contributed by atoms with Crippen molar-refractivity contribution in [1.82, 2.24) is 4.90 Å². The Hall–Kier alpha value is -1.94. The van der Waals surface area contributed by atoms with Crippen LogP contribution in [0.4, 0.5) is 0 Å². The van der Waals surface area contributed by atoms with Crippen LogP contribution >= 0.6 is 11.8 Å². The highest BCUT2D eigenvalue weighted by Gasteiger charge is 2.18. The van der Waals surface area contributed by atoms with Gasteiger partial charge in [0, 0.05) is 18.5 Å². The number of rotatable bonds is 6. The SMILES string of the molecule is COc1ccc(S[C@@H](C)C(=O)N(C)Cc2ccc(C)cc2)cc1. The van der Waals surface area contributed by atoms with Crippen LogP contribution in [0, 0.1) is 6.92 Å². The van der Waals surface area contributed by atoms with Gasteiger partial charge in [-0.1, -0.05) is 29.8 Å². The smallest absolute Gasteiger partial charge is 0.235 e. The molecule has 2 aromatic rings. The Labute approximate surface area is 142 Å². The molecule has 0 heterocycles. The van der Waals surface area contributed by atoms with E-state index < -0.39 is 0 Å². The van der Waals surface area contributed by atoms with Crippen molar-refractivity contribution in [2.24, 2.45) is 0 Å². The fourth-order valence-electron chi connectivity index (χ4n) is 2.26. The predicted octanol–water partition coefficient (Wildman–Crippen LogP) is 4.14. The van der Waals surface area contributed by atoms with E-state index in [9.17, 15) is 4.79 Å². The maximum Gasteiger partial charge on any atom is 0.235 e. The molecule has 0 aliphatic rings. The number of carbonyl (C=O) groups excluding carboxylic acids is 1. The summed E-state index contributed by atoms with van der Waals surface area (Å²) in [5.74, 6) is 0.955. The van der Waals surface area contributed by atoms with E-state index in [4.69, 9.17) is 4.74 Å². The first-order chi connectivity index (χ1) is 11.0. The van der Waals surface area contributed by atoms with E-state index in [0.717, 1.165) is 16.2 Å². The van der Waals surface area contributed by atoms with Crippen LogP contribution in [0.1, 0.15) is 18.1 Å². The normalized spacial score (nSPS) is 11.8. The van der Waals surface area contributed by atoms with Crippen molar-refractivity contribution in [3.8, 4) is 5.75 Å². The van der Waals surface area contributed by atoms with Gasteiger partial charge >= 0.3 is 0 Å². The summed E-state index contributed by atoms with van der Waals surface area (Å²) in [5, 5.41) is -0.126. The molecule has 0 aliphatic heterocycles. The lowest BCUT2D eigenvalue weighted by molar-refractivity contribution is -0.129. The first-order valence-electron chi connectivity index (χ1n) is 7.61. The average Bonchev–Trinajstić information content (AvgIpc) is 2.56. The topological polar surface area (TPSA) is 29.5 Å². The highest BCUT2D eigenvalue weighted by molar-refractivity contribution is 8.00. The molecule has 23 heavy (non-hydrogen) atoms. The molecule has 0 aliphatic carbocycles. The van der Waals surface area contributed by atoms with Gasteiger partial charge in [-0.15, -0.1) is 11.8 Å². The van der Waals surface area contributed by atoms with Gasteiger partial charge in [0.15, 0.2) is 0 Å². The molecule has 1 atom stereocenters. The van der Waals surface area contributed by atoms with Gasteiger partial charge in [-0.2, -0.15) is 0 Å². The molecule has 3 nitrogen and oxygen atoms in total. The van der Waals surface area contributed by atoms with Gasteiger partial charge in [0.05, 0.1) is 12.4 Å². The van der Waals surface area contributed by atoms with E-state index in [0.29, 0.717) is 6.54 Å². The summed E-state index contributed by atoms with van der Waals surface area (Å²) in [6, 6.07) is 16.1. The number of nitrogens with zero attached hydrogens (tertiary/aromatic N) is 1. The van der Waals surface area contributed by atoms with Crippen molar-refractivity contribution in [2.75, 3.05) is 14.2 Å². The van der Waals surface area contributed by atoms with E-state index in [2.05, 4.69) is 31.2 Å². The zero-order valence-electron chi connectivity index (χ0n) is 14.1. The van der Waals surface area contributed by atoms with Gasteiger partial charge in [-0.3, -0.25) is 4.79 Å². The number of aryl methyl sites for hydroxylation is 1.